The Labute approximate surface area is 198 Å². The molecule has 1 aliphatic rings. The van der Waals surface area contributed by atoms with Gasteiger partial charge in [-0.3, -0.25) is 4.79 Å². The summed E-state index contributed by atoms with van der Waals surface area (Å²) in [4.78, 5) is 19.6. The lowest BCUT2D eigenvalue weighted by Gasteiger charge is -2.18. The molecular weight excluding hydrogens is 434 g/mol. The number of hydrogen-bond donors (Lipinski definition) is 0. The molecule has 5 rings (SSSR count). The van der Waals surface area contributed by atoms with Gasteiger partial charge in [-0.1, -0.05) is 48.0 Å². The van der Waals surface area contributed by atoms with Crippen LogP contribution >= 0.6 is 11.6 Å². The van der Waals surface area contributed by atoms with E-state index in [2.05, 4.69) is 36.6 Å². The number of aryl methyl sites for hydroxylation is 2. The Balaban J connectivity index is 1.42. The number of benzene rings is 3. The van der Waals surface area contributed by atoms with Crippen molar-refractivity contribution in [3.8, 4) is 5.75 Å². The summed E-state index contributed by atoms with van der Waals surface area (Å²) < 4.78 is 8.40. The third-order valence-corrected chi connectivity index (χ3v) is 6.50. The van der Waals surface area contributed by atoms with Crippen molar-refractivity contribution < 1.29 is 9.53 Å². The Morgan fingerprint density at radius 3 is 2.58 bits per heavy atom. The first-order valence-electron chi connectivity index (χ1n) is 11.2. The minimum atomic E-state index is 0.00378. The summed E-state index contributed by atoms with van der Waals surface area (Å²) in [5.41, 5.74) is 5.09. The smallest absolute Gasteiger partial charge is 0.227 e. The van der Waals surface area contributed by atoms with E-state index in [1.54, 1.807) is 0 Å². The molecule has 1 saturated heterocycles. The highest BCUT2D eigenvalue weighted by Crippen LogP contribution is 2.34. The van der Waals surface area contributed by atoms with Gasteiger partial charge in [0.2, 0.25) is 5.91 Å². The van der Waals surface area contributed by atoms with Crippen molar-refractivity contribution >= 4 is 34.2 Å². The Bertz CT molecular complexity index is 1310. The molecule has 1 fully saturated rings. The first kappa shape index (κ1) is 21.5. The zero-order valence-corrected chi connectivity index (χ0v) is 19.5. The van der Waals surface area contributed by atoms with Gasteiger partial charge in [-0.2, -0.15) is 0 Å². The van der Waals surface area contributed by atoms with Crippen molar-refractivity contribution in [2.24, 2.45) is 0 Å². The minimum Gasteiger partial charge on any atom is -0.491 e. The van der Waals surface area contributed by atoms with Gasteiger partial charge in [-0.15, -0.1) is 0 Å². The number of rotatable bonds is 6. The number of ether oxygens (including phenoxy) is 1. The molecule has 2 heterocycles. The standard InChI is InChI=1S/C27H26ClN3O2/c1-18-7-5-8-19(2)26(18)33-14-13-30-24-12-4-3-11-23(24)29-27(30)20-15-25(32)31(17-20)22-10-6-9-21(28)16-22/h3-12,16,20H,13-15,17H2,1-2H3/t20-/m1/s1. The van der Waals surface area contributed by atoms with Gasteiger partial charge >= 0.3 is 0 Å². The van der Waals surface area contributed by atoms with Crippen LogP contribution < -0.4 is 9.64 Å². The zero-order valence-electron chi connectivity index (χ0n) is 18.8. The van der Waals surface area contributed by atoms with Crippen LogP contribution in [0, 0.1) is 13.8 Å². The molecule has 4 aromatic rings. The third kappa shape index (κ3) is 4.21. The molecule has 6 heteroatoms. The molecule has 33 heavy (non-hydrogen) atoms. The number of carbonyl (C=O) groups is 1. The van der Waals surface area contributed by atoms with Crippen LogP contribution in [0.25, 0.3) is 11.0 Å². The molecular formula is C27H26ClN3O2. The number of halogens is 1. The maximum atomic E-state index is 12.9. The molecule has 0 bridgehead atoms. The van der Waals surface area contributed by atoms with Crippen molar-refractivity contribution in [3.63, 3.8) is 0 Å². The van der Waals surface area contributed by atoms with Crippen LogP contribution in [0.3, 0.4) is 0 Å². The minimum absolute atomic E-state index is 0.00378. The van der Waals surface area contributed by atoms with E-state index in [-0.39, 0.29) is 11.8 Å². The van der Waals surface area contributed by atoms with E-state index >= 15 is 0 Å². The molecule has 0 unspecified atom stereocenters. The van der Waals surface area contributed by atoms with Crippen LogP contribution in [0.2, 0.25) is 5.02 Å². The number of fused-ring (bicyclic) bond motifs is 1. The predicted octanol–water partition coefficient (Wildman–Crippen LogP) is 5.91. The molecule has 0 spiro atoms. The Kier molecular flexibility index (Phi) is 5.81. The predicted molar refractivity (Wildman–Crippen MR) is 132 cm³/mol. The summed E-state index contributed by atoms with van der Waals surface area (Å²) in [5, 5.41) is 0.625. The Morgan fingerprint density at radius 2 is 1.79 bits per heavy atom. The van der Waals surface area contributed by atoms with Gasteiger partial charge < -0.3 is 14.2 Å². The van der Waals surface area contributed by atoms with E-state index in [1.165, 1.54) is 0 Å². The molecule has 1 atom stereocenters. The number of carbonyl (C=O) groups excluding carboxylic acids is 1. The first-order valence-corrected chi connectivity index (χ1v) is 11.6. The second kappa shape index (κ2) is 8.91. The van der Waals surface area contributed by atoms with Gasteiger partial charge in [0, 0.05) is 29.6 Å². The van der Waals surface area contributed by atoms with E-state index in [0.717, 1.165) is 39.4 Å². The van der Waals surface area contributed by atoms with Crippen molar-refractivity contribution in [3.05, 3.63) is 88.7 Å². The zero-order chi connectivity index (χ0) is 22.9. The van der Waals surface area contributed by atoms with E-state index in [1.807, 2.05) is 53.4 Å². The lowest BCUT2D eigenvalue weighted by molar-refractivity contribution is -0.117. The molecule has 0 saturated carbocycles. The molecule has 0 aliphatic carbocycles. The normalized spacial score (nSPS) is 16.0. The summed E-state index contributed by atoms with van der Waals surface area (Å²) in [6, 6.07) is 21.7. The molecule has 0 radical (unpaired) electrons. The van der Waals surface area contributed by atoms with Crippen molar-refractivity contribution in [1.82, 2.24) is 9.55 Å². The SMILES string of the molecule is Cc1cccc(C)c1OCCn1c([C@@H]2CC(=O)N(c3cccc(Cl)c3)C2)nc2ccccc21. The number of nitrogens with zero attached hydrogens (tertiary/aromatic N) is 3. The summed E-state index contributed by atoms with van der Waals surface area (Å²) in [5.74, 6) is 1.96. The lowest BCUT2D eigenvalue weighted by atomic mass is 10.1. The van der Waals surface area contributed by atoms with Crippen molar-refractivity contribution in [2.45, 2.75) is 32.7 Å². The molecule has 168 valence electrons. The monoisotopic (exact) mass is 459 g/mol. The molecule has 3 aromatic carbocycles. The number of para-hydroxylation sites is 3. The quantitative estimate of drug-likeness (QED) is 0.360. The van der Waals surface area contributed by atoms with E-state index in [4.69, 9.17) is 21.3 Å². The number of amides is 1. The van der Waals surface area contributed by atoms with Crippen LogP contribution in [-0.2, 0) is 11.3 Å². The fraction of sp³-hybridized carbons (Fsp3) is 0.259. The van der Waals surface area contributed by atoms with Crippen LogP contribution in [0.1, 0.15) is 29.3 Å². The highest BCUT2D eigenvalue weighted by molar-refractivity contribution is 6.30. The average molecular weight is 460 g/mol. The molecule has 5 nitrogen and oxygen atoms in total. The Hall–Kier alpha value is -3.31. The van der Waals surface area contributed by atoms with Gasteiger partial charge in [0.1, 0.15) is 18.2 Å². The van der Waals surface area contributed by atoms with Crippen molar-refractivity contribution in [2.75, 3.05) is 18.1 Å². The lowest BCUT2D eigenvalue weighted by Crippen LogP contribution is -2.24. The number of hydrogen-bond acceptors (Lipinski definition) is 3. The van der Waals surface area contributed by atoms with Gasteiger partial charge in [-0.25, -0.2) is 4.98 Å². The number of imidazole rings is 1. The number of aromatic nitrogens is 2. The maximum absolute atomic E-state index is 12.9. The fourth-order valence-corrected chi connectivity index (χ4v) is 4.87. The van der Waals surface area contributed by atoms with Crippen LogP contribution in [-0.4, -0.2) is 28.6 Å². The maximum Gasteiger partial charge on any atom is 0.227 e. The highest BCUT2D eigenvalue weighted by atomic mass is 35.5. The van der Waals surface area contributed by atoms with Crippen LogP contribution in [0.5, 0.6) is 5.75 Å². The first-order chi connectivity index (χ1) is 16.0. The summed E-state index contributed by atoms with van der Waals surface area (Å²) in [6.07, 6.45) is 0.424. The molecule has 0 N–H and O–H groups in total. The fourth-order valence-electron chi connectivity index (χ4n) is 4.68. The number of anilines is 1. The third-order valence-electron chi connectivity index (χ3n) is 6.26. The van der Waals surface area contributed by atoms with Crippen molar-refractivity contribution in [1.29, 1.82) is 0 Å². The summed E-state index contributed by atoms with van der Waals surface area (Å²) in [7, 11) is 0. The van der Waals surface area contributed by atoms with Gasteiger partial charge in [0.25, 0.3) is 0 Å². The van der Waals surface area contributed by atoms with E-state index < -0.39 is 0 Å². The second-order valence-corrected chi connectivity index (χ2v) is 9.00. The summed E-state index contributed by atoms with van der Waals surface area (Å²) in [6.45, 7) is 5.90. The van der Waals surface area contributed by atoms with Gasteiger partial charge in [-0.05, 0) is 55.3 Å². The highest BCUT2D eigenvalue weighted by Gasteiger charge is 2.34. The molecule has 1 amide bonds. The largest absolute Gasteiger partial charge is 0.491 e. The average Bonchev–Trinajstić information content (AvgIpc) is 3.36. The summed E-state index contributed by atoms with van der Waals surface area (Å²) >= 11 is 6.16. The molecule has 1 aromatic heterocycles. The topological polar surface area (TPSA) is 47.4 Å². The van der Waals surface area contributed by atoms with Gasteiger partial charge in [0.05, 0.1) is 17.6 Å². The van der Waals surface area contributed by atoms with Crippen LogP contribution in [0.15, 0.2) is 66.7 Å². The Morgan fingerprint density at radius 1 is 1.03 bits per heavy atom. The van der Waals surface area contributed by atoms with E-state index in [9.17, 15) is 4.79 Å². The van der Waals surface area contributed by atoms with Crippen LogP contribution in [0.4, 0.5) is 5.69 Å². The van der Waals surface area contributed by atoms with E-state index in [0.29, 0.717) is 31.1 Å². The molecule has 1 aliphatic heterocycles. The second-order valence-electron chi connectivity index (χ2n) is 8.57. The van der Waals surface area contributed by atoms with Gasteiger partial charge in [0.15, 0.2) is 0 Å².